The third kappa shape index (κ3) is 5.21. The van der Waals surface area contributed by atoms with Crippen LogP contribution in [-0.4, -0.2) is 29.6 Å². The van der Waals surface area contributed by atoms with Gasteiger partial charge in [-0.05, 0) is 30.5 Å². The largest absolute Gasteiger partial charge is 0.483 e. The lowest BCUT2D eigenvalue weighted by Gasteiger charge is -2.06. The summed E-state index contributed by atoms with van der Waals surface area (Å²) in [7, 11) is 0. The van der Waals surface area contributed by atoms with Crippen molar-refractivity contribution in [3.63, 3.8) is 0 Å². The van der Waals surface area contributed by atoms with Gasteiger partial charge in [0, 0.05) is 10.6 Å². The molecule has 1 amide bonds. The molecular formula is C10H12N2O4S. The average Bonchev–Trinajstić information content (AvgIpc) is 2.27. The molecule has 0 aliphatic carbocycles. The van der Waals surface area contributed by atoms with Crippen molar-refractivity contribution in [3.8, 4) is 5.75 Å². The van der Waals surface area contributed by atoms with Crippen molar-refractivity contribution >= 4 is 23.4 Å². The summed E-state index contributed by atoms with van der Waals surface area (Å²) < 4.78 is 5.32. The molecule has 0 aromatic heterocycles. The Balaban J connectivity index is 2.50. The highest BCUT2D eigenvalue weighted by Gasteiger charge is 2.09. The molecule has 0 aliphatic rings. The Hall–Kier alpha value is -1.76. The summed E-state index contributed by atoms with van der Waals surface area (Å²) in [6, 6.07) is 6.65. The van der Waals surface area contributed by atoms with Crippen molar-refractivity contribution in [3.05, 3.63) is 34.4 Å². The fourth-order valence-corrected chi connectivity index (χ4v) is 1.33. The van der Waals surface area contributed by atoms with Gasteiger partial charge in [0.1, 0.15) is 11.7 Å². The molecule has 1 aromatic carbocycles. The zero-order valence-electron chi connectivity index (χ0n) is 9.21. The SMILES string of the molecule is CSCOc1ccc(NC(=O)C[N+](=O)[O-])cc1. The van der Waals surface area contributed by atoms with Crippen LogP contribution in [0.15, 0.2) is 24.3 Å². The van der Waals surface area contributed by atoms with Gasteiger partial charge >= 0.3 is 0 Å². The Kier molecular flexibility index (Phi) is 5.28. The van der Waals surface area contributed by atoms with Crippen LogP contribution in [0.2, 0.25) is 0 Å². The summed E-state index contributed by atoms with van der Waals surface area (Å²) in [6.45, 7) is -0.731. The van der Waals surface area contributed by atoms with Crippen LogP contribution in [0.1, 0.15) is 0 Å². The predicted octanol–water partition coefficient (Wildman–Crippen LogP) is 1.60. The fraction of sp³-hybridized carbons (Fsp3) is 0.300. The molecule has 17 heavy (non-hydrogen) atoms. The third-order valence-corrected chi connectivity index (χ3v) is 2.11. The van der Waals surface area contributed by atoms with Gasteiger partial charge in [-0.15, -0.1) is 11.8 Å². The number of thioether (sulfide) groups is 1. The smallest absolute Gasteiger partial charge is 0.296 e. The lowest BCUT2D eigenvalue weighted by Crippen LogP contribution is -2.21. The minimum atomic E-state index is -0.731. The second-order valence-electron chi connectivity index (χ2n) is 3.11. The maximum atomic E-state index is 11.1. The van der Waals surface area contributed by atoms with E-state index >= 15 is 0 Å². The number of carbonyl (C=O) groups is 1. The quantitative estimate of drug-likeness (QED) is 0.475. The van der Waals surface area contributed by atoms with E-state index in [-0.39, 0.29) is 0 Å². The van der Waals surface area contributed by atoms with Crippen molar-refractivity contribution in [1.82, 2.24) is 0 Å². The number of hydrogen-bond donors (Lipinski definition) is 1. The Morgan fingerprint density at radius 3 is 2.65 bits per heavy atom. The topological polar surface area (TPSA) is 81.5 Å². The highest BCUT2D eigenvalue weighted by atomic mass is 32.2. The van der Waals surface area contributed by atoms with E-state index in [4.69, 9.17) is 4.74 Å². The van der Waals surface area contributed by atoms with Crippen molar-refractivity contribution in [2.24, 2.45) is 0 Å². The molecule has 0 aliphatic heterocycles. The first kappa shape index (κ1) is 13.3. The number of ether oxygens (including phenoxy) is 1. The Morgan fingerprint density at radius 1 is 1.47 bits per heavy atom. The van der Waals surface area contributed by atoms with Gasteiger partial charge in [0.05, 0.1) is 0 Å². The van der Waals surface area contributed by atoms with Crippen molar-refractivity contribution in [2.45, 2.75) is 0 Å². The maximum Gasteiger partial charge on any atom is 0.296 e. The second-order valence-corrected chi connectivity index (χ2v) is 3.93. The first-order valence-corrected chi connectivity index (χ1v) is 6.14. The number of anilines is 1. The first-order chi connectivity index (χ1) is 8.11. The summed E-state index contributed by atoms with van der Waals surface area (Å²) in [6.07, 6.45) is 1.92. The van der Waals surface area contributed by atoms with Crippen LogP contribution in [0, 0.1) is 10.1 Å². The number of carbonyl (C=O) groups excluding carboxylic acids is 1. The molecule has 0 atom stereocenters. The van der Waals surface area contributed by atoms with E-state index in [0.717, 1.165) is 0 Å². The molecule has 1 rings (SSSR count). The number of nitrogens with one attached hydrogen (secondary N) is 1. The van der Waals surface area contributed by atoms with Crippen molar-refractivity contribution in [1.29, 1.82) is 0 Å². The molecule has 0 fully saturated rings. The molecule has 7 heteroatoms. The van der Waals surface area contributed by atoms with Crippen LogP contribution in [0.5, 0.6) is 5.75 Å². The van der Waals surface area contributed by atoms with Gasteiger partial charge in [-0.3, -0.25) is 14.9 Å². The Labute approximate surface area is 102 Å². The molecule has 1 N–H and O–H groups in total. The molecule has 6 nitrogen and oxygen atoms in total. The van der Waals surface area contributed by atoms with E-state index in [1.54, 1.807) is 36.0 Å². The van der Waals surface area contributed by atoms with E-state index in [1.165, 1.54) is 0 Å². The second kappa shape index (κ2) is 6.74. The first-order valence-electron chi connectivity index (χ1n) is 4.75. The molecule has 0 saturated heterocycles. The molecule has 0 unspecified atom stereocenters. The number of amides is 1. The molecule has 0 bridgehead atoms. The number of nitrogens with zero attached hydrogens (tertiary/aromatic N) is 1. The van der Waals surface area contributed by atoms with Gasteiger partial charge in [0.15, 0.2) is 0 Å². The minimum absolute atomic E-state index is 0.508. The average molecular weight is 256 g/mol. The van der Waals surface area contributed by atoms with Crippen molar-refractivity contribution < 1.29 is 14.5 Å². The van der Waals surface area contributed by atoms with Crippen LogP contribution in [-0.2, 0) is 4.79 Å². The number of rotatable bonds is 6. The molecule has 0 heterocycles. The summed E-state index contributed by atoms with van der Waals surface area (Å²) in [5.74, 6) is 0.590. The normalized spacial score (nSPS) is 9.71. The Bertz CT molecular complexity index is 394. The standard InChI is InChI=1S/C10H12N2O4S/c1-17-7-16-9-4-2-8(3-5-9)11-10(13)6-12(14)15/h2-5H,6-7H2,1H3,(H,11,13). The van der Waals surface area contributed by atoms with Crippen LogP contribution >= 0.6 is 11.8 Å². The molecule has 0 radical (unpaired) electrons. The monoisotopic (exact) mass is 256 g/mol. The maximum absolute atomic E-state index is 11.1. The molecule has 1 aromatic rings. The van der Waals surface area contributed by atoms with E-state index < -0.39 is 17.4 Å². The van der Waals surface area contributed by atoms with Gasteiger partial charge in [0.2, 0.25) is 0 Å². The van der Waals surface area contributed by atoms with E-state index in [0.29, 0.717) is 17.4 Å². The van der Waals surface area contributed by atoms with E-state index in [1.807, 2.05) is 6.26 Å². The Morgan fingerprint density at radius 2 is 2.12 bits per heavy atom. The highest BCUT2D eigenvalue weighted by molar-refractivity contribution is 7.98. The van der Waals surface area contributed by atoms with Gasteiger partial charge in [0.25, 0.3) is 12.5 Å². The van der Waals surface area contributed by atoms with E-state index in [2.05, 4.69) is 5.32 Å². The molecule has 0 spiro atoms. The lowest BCUT2D eigenvalue weighted by molar-refractivity contribution is -0.467. The van der Waals surface area contributed by atoms with Crippen molar-refractivity contribution in [2.75, 3.05) is 24.1 Å². The van der Waals surface area contributed by atoms with Crippen LogP contribution in [0.4, 0.5) is 5.69 Å². The summed E-state index contributed by atoms with van der Waals surface area (Å²) >= 11 is 1.55. The zero-order valence-corrected chi connectivity index (χ0v) is 10.0. The molecule has 0 saturated carbocycles. The summed E-state index contributed by atoms with van der Waals surface area (Å²) in [5.41, 5.74) is 0.508. The van der Waals surface area contributed by atoms with Crippen LogP contribution < -0.4 is 10.1 Å². The van der Waals surface area contributed by atoms with Gasteiger partial charge in [-0.2, -0.15) is 0 Å². The van der Waals surface area contributed by atoms with Crippen LogP contribution in [0.3, 0.4) is 0 Å². The number of benzene rings is 1. The molecular weight excluding hydrogens is 244 g/mol. The summed E-state index contributed by atoms with van der Waals surface area (Å²) in [5, 5.41) is 12.5. The van der Waals surface area contributed by atoms with E-state index in [9.17, 15) is 14.9 Å². The summed E-state index contributed by atoms with van der Waals surface area (Å²) in [4.78, 5) is 20.5. The fourth-order valence-electron chi connectivity index (χ4n) is 1.08. The van der Waals surface area contributed by atoms with Gasteiger partial charge in [-0.25, -0.2) is 0 Å². The number of hydrogen-bond acceptors (Lipinski definition) is 5. The van der Waals surface area contributed by atoms with Gasteiger partial charge in [-0.1, -0.05) is 0 Å². The zero-order chi connectivity index (χ0) is 12.7. The van der Waals surface area contributed by atoms with Gasteiger partial charge < -0.3 is 10.1 Å². The lowest BCUT2D eigenvalue weighted by atomic mass is 10.3. The predicted molar refractivity (Wildman–Crippen MR) is 65.9 cm³/mol. The highest BCUT2D eigenvalue weighted by Crippen LogP contribution is 2.16. The minimum Gasteiger partial charge on any atom is -0.483 e. The molecule has 92 valence electrons. The van der Waals surface area contributed by atoms with Crippen LogP contribution in [0.25, 0.3) is 0 Å². The third-order valence-electron chi connectivity index (χ3n) is 1.75. The number of nitro groups is 1.